The number of carbonyl (C=O) groups excluding carboxylic acids is 9. The predicted molar refractivity (Wildman–Crippen MR) is 324 cm³/mol. The Morgan fingerprint density at radius 3 is 1.78 bits per heavy atom. The molecule has 7 N–H and O–H groups in total. The lowest BCUT2D eigenvalue weighted by atomic mass is 9.86. The average Bonchev–Trinajstić information content (AvgIpc) is 4.19. The van der Waals surface area contributed by atoms with Crippen molar-refractivity contribution in [3.05, 3.63) is 120 Å². The van der Waals surface area contributed by atoms with Gasteiger partial charge in [0.25, 0.3) is 0 Å². The molecule has 0 saturated carbocycles. The van der Waals surface area contributed by atoms with Crippen LogP contribution >= 0.6 is 11.8 Å². The third kappa shape index (κ3) is 17.9. The van der Waals surface area contributed by atoms with Crippen molar-refractivity contribution in [2.75, 3.05) is 31.6 Å². The molecule has 0 unspecified atom stereocenters. The highest BCUT2D eigenvalue weighted by Gasteiger charge is 2.46. The second-order valence-corrected chi connectivity index (χ2v) is 24.9. The van der Waals surface area contributed by atoms with Gasteiger partial charge in [0.2, 0.25) is 53.2 Å². The lowest BCUT2D eigenvalue weighted by Crippen LogP contribution is -2.66. The van der Waals surface area contributed by atoms with Crippen LogP contribution in [0.3, 0.4) is 0 Å². The van der Waals surface area contributed by atoms with Gasteiger partial charge in [-0.1, -0.05) is 159 Å². The Morgan fingerprint density at radius 2 is 1.14 bits per heavy atom. The number of amides is 9. The van der Waals surface area contributed by atoms with Gasteiger partial charge < -0.3 is 47.0 Å². The average molecular weight is 1160 g/mol. The second-order valence-electron chi connectivity index (χ2n) is 23.8. The van der Waals surface area contributed by atoms with Gasteiger partial charge in [0, 0.05) is 45.2 Å². The van der Waals surface area contributed by atoms with Crippen molar-refractivity contribution >= 4 is 75.7 Å². The first-order chi connectivity index (χ1) is 39.5. The van der Waals surface area contributed by atoms with E-state index in [0.29, 0.717) is 12.2 Å². The molecule has 9 amide bonds. The lowest BCUT2D eigenvalue weighted by molar-refractivity contribution is -0.145. The maximum absolute atomic E-state index is 15.1. The number of likely N-dealkylation sites (N-methyl/N-ethyl adjacent to an activating group) is 1. The first-order valence-electron chi connectivity index (χ1n) is 29.3. The Balaban J connectivity index is 1.39. The minimum atomic E-state index is -1.62. The Morgan fingerprint density at radius 1 is 0.578 bits per heavy atom. The van der Waals surface area contributed by atoms with E-state index in [1.54, 1.807) is 34.6 Å². The topological polar surface area (TPSA) is 244 Å². The molecule has 19 heteroatoms. The third-order valence-corrected chi connectivity index (χ3v) is 16.7. The fraction of sp³-hybridized carbons (Fsp3) is 0.516. The quantitative estimate of drug-likeness (QED) is 0.0972. The summed E-state index contributed by atoms with van der Waals surface area (Å²) in [5.74, 6) is -6.06. The van der Waals surface area contributed by atoms with E-state index in [1.165, 1.54) is 28.6 Å². The molecule has 2 heterocycles. The van der Waals surface area contributed by atoms with Crippen molar-refractivity contribution in [1.29, 1.82) is 0 Å². The molecule has 83 heavy (non-hydrogen) atoms. The third-order valence-electron chi connectivity index (χ3n) is 15.8. The Labute approximate surface area is 493 Å². The van der Waals surface area contributed by atoms with E-state index in [9.17, 15) is 38.4 Å². The maximum Gasteiger partial charge on any atom is 0.246 e. The zero-order valence-corrected chi connectivity index (χ0v) is 50.7. The molecule has 18 nitrogen and oxygen atoms in total. The van der Waals surface area contributed by atoms with Crippen LogP contribution in [0, 0.1) is 23.7 Å². The van der Waals surface area contributed by atoms with Crippen molar-refractivity contribution in [1.82, 2.24) is 47.0 Å². The summed E-state index contributed by atoms with van der Waals surface area (Å²) in [4.78, 5) is 134. The molecule has 448 valence electrons. The summed E-state index contributed by atoms with van der Waals surface area (Å²) in [7, 11) is 1.53. The van der Waals surface area contributed by atoms with Crippen LogP contribution in [0.15, 0.2) is 103 Å². The van der Waals surface area contributed by atoms with Crippen molar-refractivity contribution in [3.8, 4) is 0 Å². The number of nitrogens with zero attached hydrogens (tertiary/aromatic N) is 2. The molecule has 0 aliphatic carbocycles. The number of fused-ring (bicyclic) bond motifs is 2. The molecule has 6 rings (SSSR count). The van der Waals surface area contributed by atoms with Crippen molar-refractivity contribution in [3.63, 3.8) is 0 Å². The smallest absolute Gasteiger partial charge is 0.246 e. The summed E-state index contributed by atoms with van der Waals surface area (Å²) in [6.45, 7) is 16.6. The van der Waals surface area contributed by atoms with Crippen LogP contribution in [0.25, 0.3) is 10.8 Å². The SMILES string of the molecule is CC(C)C[C@@H]1NC(=O)[C@](C)(C(C)C)NC(=O)[C@@H]2CCCN2C(=O)[C@H](C(C)C)NC(=O)[C@H](Cc2ccccc2)NC(=O)CSCCNC(=O)[C@H](Cc2ccccc2)N(C)C(=O)[C@H](CC(C)C)NC(=O)[C@H](Cc2cccc3ccccc23)NC1=O. The summed E-state index contributed by atoms with van der Waals surface area (Å²) in [6, 6.07) is 23.9. The van der Waals surface area contributed by atoms with Crippen LogP contribution in [0.4, 0.5) is 0 Å². The van der Waals surface area contributed by atoms with E-state index < -0.39 is 113 Å². The fourth-order valence-corrected chi connectivity index (χ4v) is 11.3. The standard InChI is InChI=1S/C64H87N9O9S/c1-39(2)33-48-56(75)67-50(37-46-27-19-26-45-25-17-18-28-47(45)46)57(76)68-51(34-40(3)4)61(80)72(10)53(36-44-23-15-12-16-24-44)59(78)65-30-32-83-38-54(74)66-49(35-43-21-13-11-14-22-43)58(77)70-55(41(5)6)62(81)73-31-20-29-52(73)60(79)71-64(9,42(7)8)63(82)69-48/h11-19,21-28,39-42,48-53,55H,20,29-38H2,1-10H3,(H,65,78)(H,66,74)(H,67,75)(H,68,76)(H,69,82)(H,70,77)(H,71,79)/t48-,49-,50-,51-,52-,53-,55-,64-/m0/s1. The van der Waals surface area contributed by atoms with Gasteiger partial charge in [-0.15, -0.1) is 0 Å². The Kier molecular flexibility index (Phi) is 23.7. The van der Waals surface area contributed by atoms with E-state index >= 15 is 4.79 Å². The highest BCUT2D eigenvalue weighted by Crippen LogP contribution is 2.26. The van der Waals surface area contributed by atoms with Crippen LogP contribution in [-0.2, 0) is 62.4 Å². The first kappa shape index (κ1) is 64.9. The van der Waals surface area contributed by atoms with E-state index in [-0.39, 0.29) is 69.2 Å². The minimum Gasteiger partial charge on any atom is -0.353 e. The number of hydrogen-bond donors (Lipinski definition) is 7. The molecule has 4 aromatic rings. The highest BCUT2D eigenvalue weighted by molar-refractivity contribution is 7.99. The molecule has 0 spiro atoms. The first-order valence-corrected chi connectivity index (χ1v) is 30.4. The summed E-state index contributed by atoms with van der Waals surface area (Å²) in [5, 5.41) is 22.4. The van der Waals surface area contributed by atoms with Gasteiger partial charge in [0.05, 0.1) is 5.75 Å². The second kappa shape index (κ2) is 30.3. The van der Waals surface area contributed by atoms with Gasteiger partial charge in [0.15, 0.2) is 0 Å². The van der Waals surface area contributed by atoms with Gasteiger partial charge in [-0.2, -0.15) is 11.8 Å². The van der Waals surface area contributed by atoms with Crippen molar-refractivity contribution in [2.45, 2.75) is 155 Å². The molecule has 0 aromatic heterocycles. The predicted octanol–water partition coefficient (Wildman–Crippen LogP) is 5.25. The minimum absolute atomic E-state index is 0.00437. The van der Waals surface area contributed by atoms with Gasteiger partial charge in [-0.3, -0.25) is 43.2 Å². The van der Waals surface area contributed by atoms with E-state index in [0.717, 1.165) is 27.5 Å². The number of carbonyl (C=O) groups is 9. The molecule has 0 bridgehead atoms. The molecule has 2 aliphatic rings. The molecule has 2 aliphatic heterocycles. The highest BCUT2D eigenvalue weighted by atomic mass is 32.2. The normalized spacial score (nSPS) is 24.9. The van der Waals surface area contributed by atoms with Gasteiger partial charge in [0.1, 0.15) is 47.8 Å². The van der Waals surface area contributed by atoms with E-state index in [1.807, 2.05) is 131 Å². The molecule has 4 aromatic carbocycles. The summed E-state index contributed by atoms with van der Waals surface area (Å²) >= 11 is 1.24. The molecular formula is C64H87N9O9S. The molecule has 0 radical (unpaired) electrons. The largest absolute Gasteiger partial charge is 0.353 e. The summed E-state index contributed by atoms with van der Waals surface area (Å²) < 4.78 is 0. The number of thioether (sulfide) groups is 1. The molecule has 2 saturated heterocycles. The van der Waals surface area contributed by atoms with Crippen LogP contribution in [0.5, 0.6) is 0 Å². The summed E-state index contributed by atoms with van der Waals surface area (Å²) in [5.41, 5.74) is 0.680. The van der Waals surface area contributed by atoms with Gasteiger partial charge in [-0.25, -0.2) is 0 Å². The van der Waals surface area contributed by atoms with Crippen molar-refractivity contribution in [2.24, 2.45) is 23.7 Å². The Bertz CT molecular complexity index is 2900. The van der Waals surface area contributed by atoms with Crippen LogP contribution in [0.2, 0.25) is 0 Å². The lowest BCUT2D eigenvalue weighted by Gasteiger charge is -2.37. The number of nitrogens with one attached hydrogen (secondary N) is 7. The molecule has 8 atom stereocenters. The number of rotatable bonds is 12. The van der Waals surface area contributed by atoms with Gasteiger partial charge >= 0.3 is 0 Å². The maximum atomic E-state index is 15.1. The molecule has 2 fully saturated rings. The Hall–Kier alpha value is -7.28. The fourth-order valence-electron chi connectivity index (χ4n) is 10.7. The van der Waals surface area contributed by atoms with Gasteiger partial charge in [-0.05, 0) is 83.7 Å². The van der Waals surface area contributed by atoms with Crippen molar-refractivity contribution < 1.29 is 43.2 Å². The van der Waals surface area contributed by atoms with Crippen LogP contribution < -0.4 is 37.2 Å². The number of benzene rings is 4. The van der Waals surface area contributed by atoms with E-state index in [4.69, 9.17) is 0 Å². The zero-order chi connectivity index (χ0) is 60.5. The number of hydrogen-bond acceptors (Lipinski definition) is 10. The van der Waals surface area contributed by atoms with E-state index in [2.05, 4.69) is 37.2 Å². The van der Waals surface area contributed by atoms with Crippen LogP contribution in [-0.4, -0.2) is 142 Å². The van der Waals surface area contributed by atoms with Crippen LogP contribution in [0.1, 0.15) is 105 Å². The summed E-state index contributed by atoms with van der Waals surface area (Å²) in [6.07, 6.45) is 1.35. The monoisotopic (exact) mass is 1160 g/mol. The molecular weight excluding hydrogens is 1070 g/mol. The zero-order valence-electron chi connectivity index (χ0n) is 49.9.